The summed E-state index contributed by atoms with van der Waals surface area (Å²) in [4.78, 5) is 0. The molecule has 2 atom stereocenters. The van der Waals surface area contributed by atoms with E-state index in [2.05, 4.69) is 0 Å². The van der Waals surface area contributed by atoms with E-state index in [0.29, 0.717) is 5.92 Å². The van der Waals surface area contributed by atoms with Crippen LogP contribution in [0.25, 0.3) is 0 Å². The Bertz CT molecular complexity index is 69.9. The summed E-state index contributed by atoms with van der Waals surface area (Å²) in [5.74, 6) is 0.417. The van der Waals surface area contributed by atoms with E-state index in [9.17, 15) is 0 Å². The Morgan fingerprint density at radius 1 is 0.833 bits per heavy atom. The fraction of sp³-hybridized carbons (Fsp3) is 1.00. The van der Waals surface area contributed by atoms with Crippen molar-refractivity contribution in [1.29, 1.82) is 0 Å². The maximum Gasteiger partial charge on any atom is 0.0514 e. The van der Waals surface area contributed by atoms with Crippen LogP contribution in [0, 0.1) is 5.92 Å². The second kappa shape index (κ2) is 9.01. The molecule has 0 heterocycles. The van der Waals surface area contributed by atoms with E-state index in [1.54, 1.807) is 13.8 Å². The molecule has 2 unspecified atom stereocenters. The Morgan fingerprint density at radius 3 is 1.25 bits per heavy atom. The van der Waals surface area contributed by atoms with Gasteiger partial charge in [-0.05, 0) is 32.6 Å². The summed E-state index contributed by atoms with van der Waals surface area (Å²) in [7, 11) is 0. The number of aliphatic hydroxyl groups excluding tert-OH is 2. The highest BCUT2D eigenvalue weighted by Gasteiger charge is 2.08. The summed E-state index contributed by atoms with van der Waals surface area (Å²) < 4.78 is 0. The van der Waals surface area contributed by atoms with Crippen LogP contribution in [0.2, 0.25) is 0 Å². The first-order valence-electron chi connectivity index (χ1n) is 3.88. The maximum atomic E-state index is 8.95. The Morgan fingerprint density at radius 2 is 1.08 bits per heavy atom. The van der Waals surface area contributed by atoms with Gasteiger partial charge in [0, 0.05) is 0 Å². The summed E-state index contributed by atoms with van der Waals surface area (Å²) >= 11 is 0. The summed E-state index contributed by atoms with van der Waals surface area (Å²) in [6.07, 6.45) is 1.08. The van der Waals surface area contributed by atoms with Gasteiger partial charge in [0.15, 0.2) is 0 Å². The van der Waals surface area contributed by atoms with Gasteiger partial charge in [-0.15, -0.1) is 0 Å². The molecule has 12 heavy (non-hydrogen) atoms. The van der Waals surface area contributed by atoms with Crippen molar-refractivity contribution in [1.82, 2.24) is 0 Å². The lowest BCUT2D eigenvalue weighted by atomic mass is 9.98. The predicted octanol–water partition coefficient (Wildman–Crippen LogP) is 2.44. The van der Waals surface area contributed by atoms with Gasteiger partial charge in [-0.3, -0.25) is 0 Å². The van der Waals surface area contributed by atoms with Crippen molar-refractivity contribution in [2.24, 2.45) is 5.92 Å². The fourth-order valence-electron chi connectivity index (χ4n) is 1.26. The van der Waals surface area contributed by atoms with Crippen molar-refractivity contribution in [2.75, 3.05) is 0 Å². The predicted molar refractivity (Wildman–Crippen MR) is 55.2 cm³/mol. The van der Waals surface area contributed by atoms with Crippen molar-refractivity contribution in [3.8, 4) is 0 Å². The van der Waals surface area contributed by atoms with Crippen molar-refractivity contribution in [3.05, 3.63) is 0 Å². The number of hydrogen-bond donors (Lipinski definition) is 2. The Kier molecular flexibility index (Phi) is 13.4. The van der Waals surface area contributed by atoms with E-state index < -0.39 is 0 Å². The van der Waals surface area contributed by atoms with Crippen molar-refractivity contribution in [2.45, 2.75) is 60.7 Å². The molecule has 0 aliphatic carbocycles. The minimum atomic E-state index is -0.242. The summed E-state index contributed by atoms with van der Waals surface area (Å²) in [5, 5.41) is 17.9. The molecule has 2 N–H and O–H groups in total. The molecule has 78 valence electrons. The van der Waals surface area contributed by atoms with E-state index in [4.69, 9.17) is 10.2 Å². The van der Waals surface area contributed by atoms with Crippen LogP contribution < -0.4 is 0 Å². The molecular weight excluding hydrogens is 152 g/mol. The molecule has 0 bridgehead atoms. The van der Waals surface area contributed by atoms with Gasteiger partial charge in [0.2, 0.25) is 0 Å². The SMILES string of the molecule is C.C.CC(O)CC(C)CC(C)O. The largest absolute Gasteiger partial charge is 0.393 e. The zero-order chi connectivity index (χ0) is 8.15. The molecular formula is C10H26O2. The molecule has 0 aromatic heterocycles. The summed E-state index contributed by atoms with van der Waals surface area (Å²) in [6, 6.07) is 0. The van der Waals surface area contributed by atoms with Gasteiger partial charge in [-0.25, -0.2) is 0 Å². The molecule has 0 aromatic carbocycles. The van der Waals surface area contributed by atoms with Crippen LogP contribution in [-0.4, -0.2) is 22.4 Å². The van der Waals surface area contributed by atoms with E-state index in [1.807, 2.05) is 6.92 Å². The molecule has 0 aliphatic rings. The van der Waals surface area contributed by atoms with Gasteiger partial charge in [0.25, 0.3) is 0 Å². The second-order valence-corrected chi connectivity index (χ2v) is 3.27. The lowest BCUT2D eigenvalue weighted by molar-refractivity contribution is 0.126. The minimum Gasteiger partial charge on any atom is -0.393 e. The number of hydrogen-bond acceptors (Lipinski definition) is 2. The van der Waals surface area contributed by atoms with Crippen LogP contribution in [0.1, 0.15) is 48.5 Å². The summed E-state index contributed by atoms with van der Waals surface area (Å²) in [5.41, 5.74) is 0. The van der Waals surface area contributed by atoms with Crippen LogP contribution in [-0.2, 0) is 0 Å². The number of aliphatic hydroxyl groups is 2. The van der Waals surface area contributed by atoms with Crippen molar-refractivity contribution in [3.63, 3.8) is 0 Å². The molecule has 0 aromatic rings. The molecule has 0 amide bonds. The molecule has 0 saturated carbocycles. The lowest BCUT2D eigenvalue weighted by Gasteiger charge is -2.14. The Hall–Kier alpha value is -0.0800. The van der Waals surface area contributed by atoms with E-state index in [-0.39, 0.29) is 27.1 Å². The van der Waals surface area contributed by atoms with E-state index >= 15 is 0 Å². The molecule has 0 rings (SSSR count). The molecule has 0 radical (unpaired) electrons. The van der Waals surface area contributed by atoms with Crippen molar-refractivity contribution < 1.29 is 10.2 Å². The van der Waals surface area contributed by atoms with Gasteiger partial charge in [0.1, 0.15) is 0 Å². The first kappa shape index (κ1) is 17.9. The van der Waals surface area contributed by atoms with E-state index in [1.165, 1.54) is 0 Å². The monoisotopic (exact) mass is 178 g/mol. The van der Waals surface area contributed by atoms with Gasteiger partial charge in [-0.1, -0.05) is 21.8 Å². The van der Waals surface area contributed by atoms with Gasteiger partial charge in [0.05, 0.1) is 12.2 Å². The number of rotatable bonds is 4. The first-order valence-corrected chi connectivity index (χ1v) is 3.88. The molecule has 0 spiro atoms. The lowest BCUT2D eigenvalue weighted by Crippen LogP contribution is -2.12. The topological polar surface area (TPSA) is 40.5 Å². The maximum absolute atomic E-state index is 8.95. The molecule has 0 saturated heterocycles. The standard InChI is InChI=1S/C8H18O2.2CH4/c1-6(4-7(2)9)5-8(3)10;;/h6-10H,4-5H2,1-3H3;2*1H4. The highest BCUT2D eigenvalue weighted by Crippen LogP contribution is 2.12. The van der Waals surface area contributed by atoms with Crippen LogP contribution in [0.5, 0.6) is 0 Å². The van der Waals surface area contributed by atoms with Gasteiger partial charge < -0.3 is 10.2 Å². The summed E-state index contributed by atoms with van der Waals surface area (Å²) in [6.45, 7) is 5.59. The molecule has 0 fully saturated rings. The molecule has 0 aliphatic heterocycles. The quantitative estimate of drug-likeness (QED) is 0.694. The molecule has 2 nitrogen and oxygen atoms in total. The van der Waals surface area contributed by atoms with Crippen LogP contribution in [0.3, 0.4) is 0 Å². The minimum absolute atomic E-state index is 0. The van der Waals surface area contributed by atoms with E-state index in [0.717, 1.165) is 12.8 Å². The third kappa shape index (κ3) is 12.6. The van der Waals surface area contributed by atoms with Gasteiger partial charge in [-0.2, -0.15) is 0 Å². The first-order chi connectivity index (χ1) is 4.52. The fourth-order valence-corrected chi connectivity index (χ4v) is 1.26. The normalized spacial score (nSPS) is 16.8. The molecule has 2 heteroatoms. The van der Waals surface area contributed by atoms with Crippen LogP contribution >= 0.6 is 0 Å². The second-order valence-electron chi connectivity index (χ2n) is 3.27. The van der Waals surface area contributed by atoms with Crippen molar-refractivity contribution >= 4 is 0 Å². The average Bonchev–Trinajstić information content (AvgIpc) is 1.58. The van der Waals surface area contributed by atoms with Gasteiger partial charge >= 0.3 is 0 Å². The average molecular weight is 178 g/mol. The van der Waals surface area contributed by atoms with Crippen LogP contribution in [0.15, 0.2) is 0 Å². The smallest absolute Gasteiger partial charge is 0.0514 e. The Labute approximate surface area is 77.6 Å². The third-order valence-corrected chi connectivity index (χ3v) is 1.49. The highest BCUT2D eigenvalue weighted by atomic mass is 16.3. The zero-order valence-corrected chi connectivity index (χ0v) is 7.04. The zero-order valence-electron chi connectivity index (χ0n) is 7.04. The Balaban J connectivity index is -0.000000405. The van der Waals surface area contributed by atoms with Crippen LogP contribution in [0.4, 0.5) is 0 Å². The third-order valence-electron chi connectivity index (χ3n) is 1.49. The highest BCUT2D eigenvalue weighted by molar-refractivity contribution is 4.60.